The van der Waals surface area contributed by atoms with Gasteiger partial charge in [0.15, 0.2) is 9.84 Å². The Morgan fingerprint density at radius 2 is 1.79 bits per heavy atom. The molecule has 3 aromatic rings. The fourth-order valence-corrected chi connectivity index (χ4v) is 4.47. The second-order valence-corrected chi connectivity index (χ2v) is 10.4. The lowest BCUT2D eigenvalue weighted by Crippen LogP contribution is -2.28. The van der Waals surface area contributed by atoms with Crippen molar-refractivity contribution in [2.45, 2.75) is 30.4 Å². The fraction of sp³-hybridized carbons (Fsp3) is 0.273. The number of halogens is 1. The van der Waals surface area contributed by atoms with Gasteiger partial charge in [-0.05, 0) is 62.4 Å². The van der Waals surface area contributed by atoms with Crippen LogP contribution < -0.4 is 10.2 Å². The minimum atomic E-state index is -3.40. The zero-order chi connectivity index (χ0) is 23.8. The number of rotatable bonds is 6. The number of nitrogens with one attached hydrogen (secondary N) is 1. The first-order chi connectivity index (χ1) is 15.6. The molecular formula is C22H21FN4O5S. The monoisotopic (exact) mass is 472 g/mol. The van der Waals surface area contributed by atoms with Gasteiger partial charge in [-0.2, -0.15) is 0 Å². The van der Waals surface area contributed by atoms with E-state index >= 15 is 0 Å². The molecule has 9 nitrogen and oxygen atoms in total. The second-order valence-electron chi connectivity index (χ2n) is 7.90. The third-order valence-corrected chi connectivity index (χ3v) is 7.51. The lowest BCUT2D eigenvalue weighted by Gasteiger charge is -2.16. The molecule has 1 fully saturated rings. The number of sulfone groups is 1. The molecule has 1 unspecified atom stereocenters. The molecule has 1 saturated heterocycles. The quantitative estimate of drug-likeness (QED) is 0.585. The van der Waals surface area contributed by atoms with Crippen LogP contribution >= 0.6 is 0 Å². The first kappa shape index (κ1) is 22.6. The predicted molar refractivity (Wildman–Crippen MR) is 118 cm³/mol. The van der Waals surface area contributed by atoms with Crippen LogP contribution in [-0.2, 0) is 19.4 Å². The molecule has 33 heavy (non-hydrogen) atoms. The number of amides is 2. The van der Waals surface area contributed by atoms with Crippen molar-refractivity contribution in [2.24, 2.45) is 5.92 Å². The van der Waals surface area contributed by atoms with Crippen molar-refractivity contribution in [3.8, 4) is 11.5 Å². The molecule has 0 aliphatic carbocycles. The topological polar surface area (TPSA) is 122 Å². The van der Waals surface area contributed by atoms with Crippen LogP contribution in [0.25, 0.3) is 11.5 Å². The number of carbonyl (C=O) groups is 2. The van der Waals surface area contributed by atoms with E-state index in [0.717, 1.165) is 0 Å². The Hall–Kier alpha value is -3.60. The van der Waals surface area contributed by atoms with Gasteiger partial charge in [0.1, 0.15) is 5.82 Å². The van der Waals surface area contributed by atoms with E-state index in [9.17, 15) is 22.4 Å². The molecule has 2 amide bonds. The summed E-state index contributed by atoms with van der Waals surface area (Å²) in [4.78, 5) is 26.5. The molecule has 1 N–H and O–H groups in total. The number of hydrogen-bond donors (Lipinski definition) is 1. The van der Waals surface area contributed by atoms with E-state index in [-0.39, 0.29) is 35.7 Å². The summed E-state index contributed by atoms with van der Waals surface area (Å²) in [6.45, 7) is 3.35. The number of anilines is 2. The summed E-state index contributed by atoms with van der Waals surface area (Å²) in [5.41, 5.74) is 1.00. The van der Waals surface area contributed by atoms with E-state index in [2.05, 4.69) is 15.5 Å². The van der Waals surface area contributed by atoms with Crippen molar-refractivity contribution in [2.75, 3.05) is 16.8 Å². The Kier molecular flexibility index (Phi) is 5.98. The van der Waals surface area contributed by atoms with Crippen LogP contribution in [0.3, 0.4) is 0 Å². The summed E-state index contributed by atoms with van der Waals surface area (Å²) >= 11 is 0. The molecule has 11 heteroatoms. The van der Waals surface area contributed by atoms with E-state index in [1.165, 1.54) is 41.3 Å². The maximum Gasteiger partial charge on any atom is 0.322 e. The normalized spacial score (nSPS) is 16.4. The average molecular weight is 472 g/mol. The molecule has 0 saturated carbocycles. The maximum atomic E-state index is 13.1. The van der Waals surface area contributed by atoms with Crippen molar-refractivity contribution < 1.29 is 26.8 Å². The molecule has 1 aliphatic rings. The third kappa shape index (κ3) is 4.63. The van der Waals surface area contributed by atoms with E-state index in [1.807, 2.05) is 0 Å². The molecule has 2 heterocycles. The van der Waals surface area contributed by atoms with Crippen molar-refractivity contribution >= 4 is 33.4 Å². The highest BCUT2D eigenvalue weighted by molar-refractivity contribution is 7.92. The summed E-state index contributed by atoms with van der Waals surface area (Å²) in [6.07, 6.45) is -0.00398. The highest BCUT2D eigenvalue weighted by atomic mass is 32.2. The van der Waals surface area contributed by atoms with Gasteiger partial charge in [-0.1, -0.05) is 5.10 Å². The summed E-state index contributed by atoms with van der Waals surface area (Å²) in [5.74, 6) is -1.65. The standard InChI is InChI=1S/C22H21FN4O5S/c1-13(2)33(30,31)18-9-3-14(4-10-18)21-25-26-22(32-21)24-20(29)15-11-19(28)27(12-15)17-7-5-16(23)6-8-17/h3-10,13,15H,11-12H2,1-2H3,(H,24,26,29). The number of benzene rings is 2. The van der Waals surface area contributed by atoms with Crippen LogP contribution in [0.15, 0.2) is 57.8 Å². The zero-order valence-corrected chi connectivity index (χ0v) is 18.7. The van der Waals surface area contributed by atoms with Crippen LogP contribution in [0.2, 0.25) is 0 Å². The molecule has 4 rings (SSSR count). The molecule has 1 aromatic heterocycles. The van der Waals surface area contributed by atoms with Crippen LogP contribution in [0.4, 0.5) is 16.1 Å². The SMILES string of the molecule is CC(C)S(=O)(=O)c1ccc(-c2nnc(NC(=O)C3CC(=O)N(c4ccc(F)cc4)C3)o2)cc1. The molecule has 1 atom stereocenters. The minimum absolute atomic E-state index is 0.00398. The van der Waals surface area contributed by atoms with Gasteiger partial charge < -0.3 is 9.32 Å². The largest absolute Gasteiger partial charge is 0.403 e. The Bertz CT molecular complexity index is 1290. The van der Waals surface area contributed by atoms with Crippen molar-refractivity contribution in [3.63, 3.8) is 0 Å². The van der Waals surface area contributed by atoms with E-state index < -0.39 is 32.7 Å². The van der Waals surface area contributed by atoms with Gasteiger partial charge in [-0.25, -0.2) is 12.8 Å². The zero-order valence-electron chi connectivity index (χ0n) is 17.9. The van der Waals surface area contributed by atoms with Crippen LogP contribution in [0.5, 0.6) is 0 Å². The van der Waals surface area contributed by atoms with E-state index in [0.29, 0.717) is 11.3 Å². The first-order valence-corrected chi connectivity index (χ1v) is 11.7. The second kappa shape index (κ2) is 8.74. The van der Waals surface area contributed by atoms with Gasteiger partial charge in [0.2, 0.25) is 17.7 Å². The third-order valence-electron chi connectivity index (χ3n) is 5.34. The van der Waals surface area contributed by atoms with Gasteiger partial charge in [-0.15, -0.1) is 5.10 Å². The lowest BCUT2D eigenvalue weighted by atomic mass is 10.1. The molecule has 0 spiro atoms. The highest BCUT2D eigenvalue weighted by Gasteiger charge is 2.35. The van der Waals surface area contributed by atoms with E-state index in [1.54, 1.807) is 26.0 Å². The Morgan fingerprint density at radius 3 is 2.42 bits per heavy atom. The van der Waals surface area contributed by atoms with Crippen molar-refractivity contribution in [1.82, 2.24) is 10.2 Å². The number of hydrogen-bond acceptors (Lipinski definition) is 7. The number of nitrogens with zero attached hydrogens (tertiary/aromatic N) is 3. The molecular weight excluding hydrogens is 451 g/mol. The molecule has 172 valence electrons. The van der Waals surface area contributed by atoms with Crippen molar-refractivity contribution in [3.05, 3.63) is 54.3 Å². The predicted octanol–water partition coefficient (Wildman–Crippen LogP) is 3.05. The summed E-state index contributed by atoms with van der Waals surface area (Å²) < 4.78 is 43.1. The molecule has 1 aliphatic heterocycles. The average Bonchev–Trinajstić information content (AvgIpc) is 3.41. The Morgan fingerprint density at radius 1 is 1.12 bits per heavy atom. The summed E-state index contributed by atoms with van der Waals surface area (Å²) in [5, 5.41) is 9.65. The highest BCUT2D eigenvalue weighted by Crippen LogP contribution is 2.27. The van der Waals surface area contributed by atoms with Gasteiger partial charge in [0.05, 0.1) is 16.1 Å². The van der Waals surface area contributed by atoms with Crippen molar-refractivity contribution in [1.29, 1.82) is 0 Å². The smallest absolute Gasteiger partial charge is 0.322 e. The molecule has 2 aromatic carbocycles. The lowest BCUT2D eigenvalue weighted by molar-refractivity contribution is -0.122. The molecule has 0 radical (unpaired) electrons. The van der Waals surface area contributed by atoms with Crippen LogP contribution in [-0.4, -0.2) is 42.2 Å². The Labute approximate surface area is 189 Å². The summed E-state index contributed by atoms with van der Waals surface area (Å²) in [7, 11) is -3.40. The fourth-order valence-electron chi connectivity index (χ4n) is 3.41. The molecule has 0 bridgehead atoms. The summed E-state index contributed by atoms with van der Waals surface area (Å²) in [6, 6.07) is 11.3. The first-order valence-electron chi connectivity index (χ1n) is 10.2. The maximum absolute atomic E-state index is 13.1. The Balaban J connectivity index is 1.42. The van der Waals surface area contributed by atoms with Gasteiger partial charge in [0.25, 0.3) is 0 Å². The number of carbonyl (C=O) groups excluding carboxylic acids is 2. The van der Waals surface area contributed by atoms with Gasteiger partial charge in [-0.3, -0.25) is 14.9 Å². The van der Waals surface area contributed by atoms with Gasteiger partial charge >= 0.3 is 6.01 Å². The minimum Gasteiger partial charge on any atom is -0.403 e. The van der Waals surface area contributed by atoms with Crippen LogP contribution in [0.1, 0.15) is 20.3 Å². The number of aromatic nitrogens is 2. The van der Waals surface area contributed by atoms with Crippen LogP contribution in [0, 0.1) is 11.7 Å². The van der Waals surface area contributed by atoms with Gasteiger partial charge in [0, 0.05) is 24.2 Å². The van der Waals surface area contributed by atoms with E-state index in [4.69, 9.17) is 4.42 Å².